The van der Waals surface area contributed by atoms with Crippen LogP contribution in [0.3, 0.4) is 0 Å². The van der Waals surface area contributed by atoms with Crippen molar-refractivity contribution in [2.75, 3.05) is 0 Å². The monoisotopic (exact) mass is 298 g/mol. The zero-order chi connectivity index (χ0) is 15.8. The fourth-order valence-corrected chi connectivity index (χ4v) is 1.81. The zero-order valence-corrected chi connectivity index (χ0v) is 12.2. The number of carbonyl (C=O) groups excluding carboxylic acids is 1. The Labute approximate surface area is 120 Å². The van der Waals surface area contributed by atoms with Gasteiger partial charge in [0, 0.05) is 0 Å². The van der Waals surface area contributed by atoms with Gasteiger partial charge < -0.3 is 9.47 Å². The predicted octanol–water partition coefficient (Wildman–Crippen LogP) is 3.73. The number of hydrogen-bond donors (Lipinski definition) is 0. The average Bonchev–Trinajstić information content (AvgIpc) is 2.64. The molecule has 1 aromatic carbocycles. The van der Waals surface area contributed by atoms with Crippen LogP contribution in [0.5, 0.6) is 5.88 Å². The van der Waals surface area contributed by atoms with E-state index in [0.29, 0.717) is 10.9 Å². The number of aromatic nitrogens is 2. The lowest BCUT2D eigenvalue weighted by atomic mass is 10.2. The molecule has 1 heterocycles. The van der Waals surface area contributed by atoms with Gasteiger partial charge in [0.2, 0.25) is 5.88 Å². The van der Waals surface area contributed by atoms with Crippen molar-refractivity contribution in [1.29, 1.82) is 0 Å². The lowest BCUT2D eigenvalue weighted by Crippen LogP contribution is -2.27. The fourth-order valence-electron chi connectivity index (χ4n) is 1.81. The molecule has 0 radical (unpaired) electrons. The van der Waals surface area contributed by atoms with Crippen LogP contribution in [-0.4, -0.2) is 28.1 Å². The molecule has 0 aliphatic heterocycles. The van der Waals surface area contributed by atoms with Crippen LogP contribution in [0.25, 0.3) is 10.9 Å². The van der Waals surface area contributed by atoms with Gasteiger partial charge in [0.05, 0.1) is 10.9 Å². The molecule has 0 saturated carbocycles. The van der Waals surface area contributed by atoms with Gasteiger partial charge in [0.25, 0.3) is 0 Å². The van der Waals surface area contributed by atoms with Crippen molar-refractivity contribution in [2.24, 2.45) is 0 Å². The second-order valence-electron chi connectivity index (χ2n) is 5.60. The number of rotatable bonds is 2. The fraction of sp³-hybridized carbons (Fsp3) is 0.429. The van der Waals surface area contributed by atoms with E-state index in [9.17, 15) is 13.6 Å². The van der Waals surface area contributed by atoms with Gasteiger partial charge in [-0.2, -0.15) is 13.5 Å². The van der Waals surface area contributed by atoms with Crippen LogP contribution in [0.2, 0.25) is 0 Å². The molecule has 2 rings (SSSR count). The van der Waals surface area contributed by atoms with Gasteiger partial charge >= 0.3 is 12.7 Å². The molecule has 1 aromatic heterocycles. The van der Waals surface area contributed by atoms with E-state index >= 15 is 0 Å². The first-order chi connectivity index (χ1) is 9.67. The van der Waals surface area contributed by atoms with E-state index in [1.165, 1.54) is 0 Å². The molecular weight excluding hydrogens is 282 g/mol. The highest BCUT2D eigenvalue weighted by atomic mass is 19.3. The van der Waals surface area contributed by atoms with Crippen LogP contribution in [0.1, 0.15) is 26.3 Å². The zero-order valence-electron chi connectivity index (χ0n) is 12.2. The Balaban J connectivity index is 2.52. The Kier molecular flexibility index (Phi) is 3.85. The second-order valence-corrected chi connectivity index (χ2v) is 5.60. The molecule has 114 valence electrons. The van der Waals surface area contributed by atoms with Crippen LogP contribution in [0.15, 0.2) is 18.2 Å². The summed E-state index contributed by atoms with van der Waals surface area (Å²) in [4.78, 5) is 12.1. The Morgan fingerprint density at radius 3 is 2.57 bits per heavy atom. The molecule has 2 aromatic rings. The summed E-state index contributed by atoms with van der Waals surface area (Å²) in [5.41, 5.74) is 0.499. The summed E-state index contributed by atoms with van der Waals surface area (Å²) in [5, 5.41) is 4.12. The second kappa shape index (κ2) is 5.31. The summed E-state index contributed by atoms with van der Waals surface area (Å²) in [6.45, 7) is 3.92. The number of hydrogen-bond acceptors (Lipinski definition) is 4. The van der Waals surface area contributed by atoms with Gasteiger partial charge in [0.15, 0.2) is 0 Å². The molecule has 0 amide bonds. The average molecular weight is 298 g/mol. The smallest absolute Gasteiger partial charge is 0.435 e. The van der Waals surface area contributed by atoms with Crippen molar-refractivity contribution in [1.82, 2.24) is 9.78 Å². The number of ether oxygens (including phenoxy) is 2. The quantitative estimate of drug-likeness (QED) is 0.847. The third-order valence-electron chi connectivity index (χ3n) is 2.57. The number of alkyl halides is 2. The molecule has 7 heteroatoms. The summed E-state index contributed by atoms with van der Waals surface area (Å²) in [7, 11) is 0. The summed E-state index contributed by atoms with van der Waals surface area (Å²) < 4.78 is 35.3. The Morgan fingerprint density at radius 1 is 1.33 bits per heavy atom. The third kappa shape index (κ3) is 3.48. The molecule has 0 aliphatic rings. The summed E-state index contributed by atoms with van der Waals surface area (Å²) in [6, 6.07) is 4.96. The predicted molar refractivity (Wildman–Crippen MR) is 72.7 cm³/mol. The van der Waals surface area contributed by atoms with Gasteiger partial charge in [-0.3, -0.25) is 0 Å². The summed E-state index contributed by atoms with van der Waals surface area (Å²) in [6.07, 6.45) is -0.748. The first-order valence-electron chi connectivity index (χ1n) is 6.35. The maximum absolute atomic E-state index is 12.4. The molecule has 0 saturated heterocycles. The minimum Gasteiger partial charge on any atom is -0.442 e. The highest BCUT2D eigenvalue weighted by Crippen LogP contribution is 2.27. The van der Waals surface area contributed by atoms with Crippen LogP contribution in [0, 0.1) is 6.92 Å². The first kappa shape index (κ1) is 15.2. The third-order valence-corrected chi connectivity index (χ3v) is 2.57. The van der Waals surface area contributed by atoms with Crippen LogP contribution in [0.4, 0.5) is 13.6 Å². The molecule has 21 heavy (non-hydrogen) atoms. The van der Waals surface area contributed by atoms with E-state index in [2.05, 4.69) is 9.84 Å². The Morgan fingerprint density at radius 2 is 2.00 bits per heavy atom. The molecular formula is C14H16F2N2O3. The molecule has 0 bridgehead atoms. The number of fused-ring (bicyclic) bond motifs is 1. The lowest BCUT2D eigenvalue weighted by molar-refractivity contribution is -0.0523. The van der Waals surface area contributed by atoms with Crippen LogP contribution < -0.4 is 4.74 Å². The largest absolute Gasteiger partial charge is 0.442 e. The van der Waals surface area contributed by atoms with Crippen molar-refractivity contribution in [3.8, 4) is 5.88 Å². The van der Waals surface area contributed by atoms with E-state index < -0.39 is 18.3 Å². The maximum atomic E-state index is 12.4. The highest BCUT2D eigenvalue weighted by molar-refractivity contribution is 5.92. The van der Waals surface area contributed by atoms with E-state index in [-0.39, 0.29) is 5.88 Å². The molecule has 5 nitrogen and oxygen atoms in total. The number of carbonyl (C=O) groups is 1. The topological polar surface area (TPSA) is 53.4 Å². The lowest BCUT2D eigenvalue weighted by Gasteiger charge is -2.19. The Hall–Kier alpha value is -2.18. The summed E-state index contributed by atoms with van der Waals surface area (Å²) in [5.74, 6) is -0.300. The maximum Gasteiger partial charge on any atom is 0.435 e. The summed E-state index contributed by atoms with van der Waals surface area (Å²) >= 11 is 0. The number of nitrogens with zero attached hydrogens (tertiary/aromatic N) is 2. The number of benzene rings is 1. The van der Waals surface area contributed by atoms with Gasteiger partial charge in [-0.25, -0.2) is 4.79 Å². The molecule has 0 aliphatic carbocycles. The van der Waals surface area contributed by atoms with Gasteiger partial charge in [-0.1, -0.05) is 6.07 Å². The van der Waals surface area contributed by atoms with Gasteiger partial charge in [0.1, 0.15) is 5.60 Å². The number of halogens is 2. The standard InChI is InChI=1S/C14H16F2N2O3/c1-8-5-6-9-10(7-8)18(13(19)21-14(2,3)4)17-11(9)20-12(15)16/h5-7,12H,1-4H3. The molecule has 0 atom stereocenters. The highest BCUT2D eigenvalue weighted by Gasteiger charge is 2.23. The van der Waals surface area contributed by atoms with Crippen molar-refractivity contribution in [3.63, 3.8) is 0 Å². The molecule has 0 unspecified atom stereocenters. The van der Waals surface area contributed by atoms with Crippen LogP contribution >= 0.6 is 0 Å². The van der Waals surface area contributed by atoms with E-state index in [1.807, 2.05) is 6.92 Å². The van der Waals surface area contributed by atoms with Gasteiger partial charge in [-0.15, -0.1) is 5.10 Å². The first-order valence-corrected chi connectivity index (χ1v) is 6.35. The van der Waals surface area contributed by atoms with Crippen molar-refractivity contribution < 1.29 is 23.0 Å². The van der Waals surface area contributed by atoms with Gasteiger partial charge in [-0.05, 0) is 45.4 Å². The molecule has 0 fully saturated rings. The van der Waals surface area contributed by atoms with Crippen molar-refractivity contribution >= 4 is 17.0 Å². The number of aryl methyl sites for hydroxylation is 1. The van der Waals surface area contributed by atoms with E-state index in [1.54, 1.807) is 39.0 Å². The minimum atomic E-state index is -3.02. The SMILES string of the molecule is Cc1ccc2c(OC(F)F)nn(C(=O)OC(C)(C)C)c2c1. The molecule has 0 spiro atoms. The Bertz CT molecular complexity index is 675. The van der Waals surface area contributed by atoms with E-state index in [4.69, 9.17) is 4.74 Å². The van der Waals surface area contributed by atoms with Crippen molar-refractivity contribution in [3.05, 3.63) is 23.8 Å². The minimum absolute atomic E-state index is 0.300. The van der Waals surface area contributed by atoms with Crippen LogP contribution in [-0.2, 0) is 4.74 Å². The molecule has 0 N–H and O–H groups in total. The van der Waals surface area contributed by atoms with E-state index in [0.717, 1.165) is 10.2 Å². The van der Waals surface area contributed by atoms with Crippen molar-refractivity contribution in [2.45, 2.75) is 39.9 Å². The normalized spacial score (nSPS) is 12.0.